The molecule has 0 unspecified atom stereocenters. The van der Waals surface area contributed by atoms with Gasteiger partial charge in [0, 0.05) is 0 Å². The van der Waals surface area contributed by atoms with Gasteiger partial charge in [-0.25, -0.2) is 0 Å². The second-order valence-corrected chi connectivity index (χ2v) is 2.39. The molecule has 0 aromatic rings. The summed E-state index contributed by atoms with van der Waals surface area (Å²) in [5.74, 6) is 0. The van der Waals surface area contributed by atoms with Crippen molar-refractivity contribution >= 4 is 11.6 Å². The lowest BCUT2D eigenvalue weighted by atomic mass is 10.2. The molecule has 0 aromatic carbocycles. The minimum absolute atomic E-state index is 0.255. The van der Waals surface area contributed by atoms with Crippen molar-refractivity contribution in [3.05, 3.63) is 12.2 Å². The highest BCUT2D eigenvalue weighted by Gasteiger charge is 1.93. The SMILES string of the molecule is C/C=C/[C@@H](Cl)CCC. The van der Waals surface area contributed by atoms with Crippen molar-refractivity contribution in [3.63, 3.8) is 0 Å². The summed E-state index contributed by atoms with van der Waals surface area (Å²) in [5.41, 5.74) is 0. The molecule has 0 N–H and O–H groups in total. The molecule has 0 bridgehead atoms. The third-order valence-electron chi connectivity index (χ3n) is 0.966. The summed E-state index contributed by atoms with van der Waals surface area (Å²) in [7, 11) is 0. The van der Waals surface area contributed by atoms with Crippen LogP contribution >= 0.6 is 11.6 Å². The zero-order chi connectivity index (χ0) is 6.41. The first-order chi connectivity index (χ1) is 3.81. The van der Waals surface area contributed by atoms with E-state index in [1.165, 1.54) is 6.42 Å². The van der Waals surface area contributed by atoms with Crippen molar-refractivity contribution in [2.75, 3.05) is 0 Å². The first kappa shape index (κ1) is 8.03. The minimum atomic E-state index is 0.255. The summed E-state index contributed by atoms with van der Waals surface area (Å²) in [5, 5.41) is 0.255. The lowest BCUT2D eigenvalue weighted by molar-refractivity contribution is 0.820. The van der Waals surface area contributed by atoms with E-state index in [1.54, 1.807) is 0 Å². The third-order valence-corrected chi connectivity index (χ3v) is 1.33. The van der Waals surface area contributed by atoms with Gasteiger partial charge in [-0.15, -0.1) is 11.6 Å². The van der Waals surface area contributed by atoms with E-state index < -0.39 is 0 Å². The predicted octanol–water partition coefficient (Wildman–Crippen LogP) is 2.97. The molecular formula is C7H13Cl. The molecule has 0 rings (SSSR count). The van der Waals surface area contributed by atoms with Crippen molar-refractivity contribution in [2.45, 2.75) is 32.1 Å². The quantitative estimate of drug-likeness (QED) is 0.409. The number of hydrogen-bond acceptors (Lipinski definition) is 0. The summed E-state index contributed by atoms with van der Waals surface area (Å²) in [6.07, 6.45) is 6.27. The molecule has 0 saturated heterocycles. The molecule has 1 atom stereocenters. The van der Waals surface area contributed by atoms with Crippen LogP contribution in [0.1, 0.15) is 26.7 Å². The Kier molecular flexibility index (Phi) is 5.19. The molecule has 1 heteroatoms. The lowest BCUT2D eigenvalue weighted by Gasteiger charge is -1.97. The van der Waals surface area contributed by atoms with Crippen LogP contribution in [0.3, 0.4) is 0 Å². The summed E-state index contributed by atoms with van der Waals surface area (Å²) in [6.45, 7) is 4.13. The Morgan fingerprint density at radius 2 is 2.25 bits per heavy atom. The van der Waals surface area contributed by atoms with Gasteiger partial charge in [-0.05, 0) is 13.3 Å². The monoisotopic (exact) mass is 132 g/mol. The molecule has 0 aliphatic heterocycles. The van der Waals surface area contributed by atoms with E-state index in [9.17, 15) is 0 Å². The van der Waals surface area contributed by atoms with Crippen molar-refractivity contribution in [2.24, 2.45) is 0 Å². The topological polar surface area (TPSA) is 0 Å². The third kappa shape index (κ3) is 4.20. The average molecular weight is 133 g/mol. The van der Waals surface area contributed by atoms with Gasteiger partial charge in [0.25, 0.3) is 0 Å². The lowest BCUT2D eigenvalue weighted by Crippen LogP contribution is -1.89. The van der Waals surface area contributed by atoms with Crippen molar-refractivity contribution in [1.29, 1.82) is 0 Å². The van der Waals surface area contributed by atoms with Gasteiger partial charge in [-0.3, -0.25) is 0 Å². The standard InChI is InChI=1S/C7H13Cl/c1-3-5-7(8)6-4-2/h3,5,7H,4,6H2,1-2H3/b5-3+/t7-/m1/s1. The molecule has 8 heavy (non-hydrogen) atoms. The van der Waals surface area contributed by atoms with Gasteiger partial charge < -0.3 is 0 Å². The Bertz CT molecular complexity index is 66.8. The van der Waals surface area contributed by atoms with Gasteiger partial charge >= 0.3 is 0 Å². The van der Waals surface area contributed by atoms with Crippen molar-refractivity contribution in [3.8, 4) is 0 Å². The van der Waals surface area contributed by atoms with E-state index in [0.717, 1.165) is 6.42 Å². The highest BCUT2D eigenvalue weighted by atomic mass is 35.5. The van der Waals surface area contributed by atoms with E-state index in [2.05, 4.69) is 6.92 Å². The van der Waals surface area contributed by atoms with Crippen LogP contribution in [0, 0.1) is 0 Å². The average Bonchev–Trinajstić information content (AvgIpc) is 1.68. The molecule has 48 valence electrons. The maximum absolute atomic E-state index is 5.79. The molecule has 0 radical (unpaired) electrons. The van der Waals surface area contributed by atoms with Gasteiger partial charge in [0.05, 0.1) is 5.38 Å². The van der Waals surface area contributed by atoms with Crippen LogP contribution in [-0.4, -0.2) is 5.38 Å². The van der Waals surface area contributed by atoms with Gasteiger partial charge in [0.1, 0.15) is 0 Å². The Labute approximate surface area is 56.5 Å². The number of alkyl halides is 1. The fourth-order valence-corrected chi connectivity index (χ4v) is 0.945. The van der Waals surface area contributed by atoms with Crippen LogP contribution in [0.15, 0.2) is 12.2 Å². The van der Waals surface area contributed by atoms with Crippen molar-refractivity contribution in [1.82, 2.24) is 0 Å². The Morgan fingerprint density at radius 1 is 1.62 bits per heavy atom. The normalized spacial score (nSPS) is 14.9. The zero-order valence-corrected chi connectivity index (χ0v) is 6.28. The number of hydrogen-bond donors (Lipinski definition) is 0. The highest BCUT2D eigenvalue weighted by Crippen LogP contribution is 2.05. The van der Waals surface area contributed by atoms with Gasteiger partial charge in [-0.2, -0.15) is 0 Å². The van der Waals surface area contributed by atoms with Crippen LogP contribution in [0.5, 0.6) is 0 Å². The maximum Gasteiger partial charge on any atom is 0.0515 e. The molecular weight excluding hydrogens is 120 g/mol. The van der Waals surface area contributed by atoms with Crippen LogP contribution < -0.4 is 0 Å². The zero-order valence-electron chi connectivity index (χ0n) is 5.52. The highest BCUT2D eigenvalue weighted by molar-refractivity contribution is 6.21. The Morgan fingerprint density at radius 3 is 2.62 bits per heavy atom. The van der Waals surface area contributed by atoms with Gasteiger partial charge in [-0.1, -0.05) is 25.5 Å². The molecule has 0 nitrogen and oxygen atoms in total. The van der Waals surface area contributed by atoms with Crippen LogP contribution in [0.25, 0.3) is 0 Å². The molecule has 0 fully saturated rings. The summed E-state index contributed by atoms with van der Waals surface area (Å²) in [4.78, 5) is 0. The fraction of sp³-hybridized carbons (Fsp3) is 0.714. The largest absolute Gasteiger partial charge is 0.118 e. The second kappa shape index (κ2) is 5.17. The summed E-state index contributed by atoms with van der Waals surface area (Å²) in [6, 6.07) is 0. The molecule has 0 aliphatic carbocycles. The molecule has 0 spiro atoms. The second-order valence-electron chi connectivity index (χ2n) is 1.83. The Balaban J connectivity index is 3.17. The maximum atomic E-state index is 5.79. The van der Waals surface area contributed by atoms with Gasteiger partial charge in [0.15, 0.2) is 0 Å². The Hall–Kier alpha value is 0.0300. The number of allylic oxidation sites excluding steroid dienone is 2. The van der Waals surface area contributed by atoms with E-state index in [-0.39, 0.29) is 5.38 Å². The van der Waals surface area contributed by atoms with Crippen LogP contribution in [-0.2, 0) is 0 Å². The molecule has 0 aromatic heterocycles. The minimum Gasteiger partial charge on any atom is -0.118 e. The number of halogens is 1. The summed E-state index contributed by atoms with van der Waals surface area (Å²) < 4.78 is 0. The smallest absolute Gasteiger partial charge is 0.0515 e. The number of rotatable bonds is 3. The van der Waals surface area contributed by atoms with E-state index in [1.807, 2.05) is 19.1 Å². The van der Waals surface area contributed by atoms with Crippen LogP contribution in [0.2, 0.25) is 0 Å². The first-order valence-corrected chi connectivity index (χ1v) is 3.51. The van der Waals surface area contributed by atoms with E-state index >= 15 is 0 Å². The predicted molar refractivity (Wildman–Crippen MR) is 39.4 cm³/mol. The fourth-order valence-electron chi connectivity index (χ4n) is 0.581. The molecule has 0 heterocycles. The van der Waals surface area contributed by atoms with Crippen molar-refractivity contribution < 1.29 is 0 Å². The first-order valence-electron chi connectivity index (χ1n) is 3.08. The van der Waals surface area contributed by atoms with Gasteiger partial charge in [0.2, 0.25) is 0 Å². The molecule has 0 aliphatic rings. The van der Waals surface area contributed by atoms with E-state index in [4.69, 9.17) is 11.6 Å². The molecule has 0 amide bonds. The van der Waals surface area contributed by atoms with E-state index in [0.29, 0.717) is 0 Å². The summed E-state index contributed by atoms with van der Waals surface area (Å²) >= 11 is 5.79. The molecule has 0 saturated carbocycles. The van der Waals surface area contributed by atoms with Crippen LogP contribution in [0.4, 0.5) is 0 Å².